The summed E-state index contributed by atoms with van der Waals surface area (Å²) in [7, 11) is 0. The Kier molecular flexibility index (Phi) is 2.52. The lowest BCUT2D eigenvalue weighted by atomic mass is 9.78. The molecule has 0 aromatic carbocycles. The zero-order chi connectivity index (χ0) is 10.9. The highest BCUT2D eigenvalue weighted by Gasteiger charge is 2.48. The molecule has 4 heteroatoms. The van der Waals surface area contributed by atoms with Crippen LogP contribution in [0.3, 0.4) is 0 Å². The Labute approximate surface area is 88.1 Å². The van der Waals surface area contributed by atoms with Gasteiger partial charge in [-0.15, -0.1) is 0 Å². The molecular weight excluding hydrogens is 194 g/mol. The molecule has 0 saturated heterocycles. The minimum absolute atomic E-state index is 0.535. The second-order valence-corrected chi connectivity index (χ2v) is 4.16. The quantitative estimate of drug-likeness (QED) is 0.797. The fourth-order valence-corrected chi connectivity index (χ4v) is 2.40. The molecule has 2 rings (SSSR count). The summed E-state index contributed by atoms with van der Waals surface area (Å²) in [6.45, 7) is 0. The van der Waals surface area contributed by atoms with Gasteiger partial charge in [0.05, 0.1) is 17.7 Å². The molecule has 1 aliphatic carbocycles. The van der Waals surface area contributed by atoms with Crippen LogP contribution in [-0.2, 0) is 4.79 Å². The lowest BCUT2D eigenvalue weighted by Crippen LogP contribution is -2.39. The first-order chi connectivity index (χ1) is 7.17. The number of nitrogens with two attached hydrogens (primary N) is 1. The van der Waals surface area contributed by atoms with Crippen molar-refractivity contribution in [3.05, 3.63) is 24.2 Å². The molecule has 1 aromatic heterocycles. The SMILES string of the molecule is NC(c1ccco1)C1(C(=O)O)CCCC1. The normalized spacial score (nSPS) is 21.4. The summed E-state index contributed by atoms with van der Waals surface area (Å²) < 4.78 is 5.19. The van der Waals surface area contributed by atoms with Crippen LogP contribution in [0, 0.1) is 5.41 Å². The standard InChI is InChI=1S/C11H15NO3/c12-9(8-4-3-7-15-8)11(10(13)14)5-1-2-6-11/h3-4,7,9H,1-2,5-6,12H2,(H,13,14). The van der Waals surface area contributed by atoms with Crippen LogP contribution in [0.5, 0.6) is 0 Å². The van der Waals surface area contributed by atoms with E-state index in [2.05, 4.69) is 0 Å². The third-order valence-corrected chi connectivity index (χ3v) is 3.37. The summed E-state index contributed by atoms with van der Waals surface area (Å²) >= 11 is 0. The first-order valence-corrected chi connectivity index (χ1v) is 5.19. The molecule has 1 saturated carbocycles. The van der Waals surface area contributed by atoms with Gasteiger partial charge in [0.25, 0.3) is 0 Å². The highest BCUT2D eigenvalue weighted by Crippen LogP contribution is 2.46. The number of carboxylic acids is 1. The lowest BCUT2D eigenvalue weighted by molar-refractivity contribution is -0.150. The Morgan fingerprint density at radius 2 is 2.20 bits per heavy atom. The molecule has 0 radical (unpaired) electrons. The number of hydrogen-bond acceptors (Lipinski definition) is 3. The largest absolute Gasteiger partial charge is 0.481 e. The summed E-state index contributed by atoms with van der Waals surface area (Å²) in [6, 6.07) is 2.94. The second-order valence-electron chi connectivity index (χ2n) is 4.16. The van der Waals surface area contributed by atoms with Crippen molar-refractivity contribution < 1.29 is 14.3 Å². The third kappa shape index (κ3) is 1.55. The van der Waals surface area contributed by atoms with Gasteiger partial charge in [0, 0.05) is 0 Å². The molecule has 1 unspecified atom stereocenters. The van der Waals surface area contributed by atoms with E-state index in [1.807, 2.05) is 0 Å². The zero-order valence-electron chi connectivity index (χ0n) is 8.48. The Bertz CT molecular complexity index is 339. The monoisotopic (exact) mass is 209 g/mol. The Morgan fingerprint density at radius 1 is 1.53 bits per heavy atom. The predicted octanol–water partition coefficient (Wildman–Crippen LogP) is 1.92. The smallest absolute Gasteiger partial charge is 0.311 e. The van der Waals surface area contributed by atoms with E-state index in [1.54, 1.807) is 12.1 Å². The Hall–Kier alpha value is -1.29. The Morgan fingerprint density at radius 3 is 2.67 bits per heavy atom. The fraction of sp³-hybridized carbons (Fsp3) is 0.545. The van der Waals surface area contributed by atoms with Gasteiger partial charge in [-0.2, -0.15) is 0 Å². The van der Waals surface area contributed by atoms with Crippen LogP contribution in [0.1, 0.15) is 37.5 Å². The van der Waals surface area contributed by atoms with Crippen molar-refractivity contribution in [2.75, 3.05) is 0 Å². The second kappa shape index (κ2) is 3.70. The molecule has 0 aliphatic heterocycles. The van der Waals surface area contributed by atoms with Crippen LogP contribution in [0.15, 0.2) is 22.8 Å². The minimum Gasteiger partial charge on any atom is -0.481 e. The zero-order valence-corrected chi connectivity index (χ0v) is 8.48. The minimum atomic E-state index is -0.822. The number of carbonyl (C=O) groups is 1. The molecular formula is C11H15NO3. The van der Waals surface area contributed by atoms with Gasteiger partial charge in [-0.3, -0.25) is 4.79 Å². The predicted molar refractivity (Wildman–Crippen MR) is 54.2 cm³/mol. The van der Waals surface area contributed by atoms with Crippen molar-refractivity contribution in [2.45, 2.75) is 31.7 Å². The van der Waals surface area contributed by atoms with Crippen LogP contribution >= 0.6 is 0 Å². The van der Waals surface area contributed by atoms with Crippen LogP contribution in [0.25, 0.3) is 0 Å². The van der Waals surface area contributed by atoms with E-state index < -0.39 is 17.4 Å². The van der Waals surface area contributed by atoms with E-state index in [4.69, 9.17) is 10.2 Å². The summed E-state index contributed by atoms with van der Waals surface area (Å²) in [4.78, 5) is 11.3. The average molecular weight is 209 g/mol. The van der Waals surface area contributed by atoms with Gasteiger partial charge >= 0.3 is 5.97 Å². The highest BCUT2D eigenvalue weighted by atomic mass is 16.4. The maximum Gasteiger partial charge on any atom is 0.311 e. The van der Waals surface area contributed by atoms with Crippen molar-refractivity contribution in [3.8, 4) is 0 Å². The molecule has 1 fully saturated rings. The lowest BCUT2D eigenvalue weighted by Gasteiger charge is -2.29. The molecule has 0 bridgehead atoms. The van der Waals surface area contributed by atoms with Crippen molar-refractivity contribution in [3.63, 3.8) is 0 Å². The van der Waals surface area contributed by atoms with E-state index >= 15 is 0 Å². The highest BCUT2D eigenvalue weighted by molar-refractivity contribution is 5.76. The van der Waals surface area contributed by atoms with Gasteiger partial charge in [0.2, 0.25) is 0 Å². The number of aliphatic carboxylic acids is 1. The van der Waals surface area contributed by atoms with Crippen LogP contribution in [-0.4, -0.2) is 11.1 Å². The molecule has 1 atom stereocenters. The van der Waals surface area contributed by atoms with Crippen molar-refractivity contribution in [2.24, 2.45) is 11.1 Å². The van der Waals surface area contributed by atoms with E-state index in [-0.39, 0.29) is 0 Å². The van der Waals surface area contributed by atoms with E-state index in [0.717, 1.165) is 12.8 Å². The summed E-state index contributed by atoms with van der Waals surface area (Å²) in [6.07, 6.45) is 4.68. The molecule has 0 amide bonds. The molecule has 1 aromatic rings. The molecule has 1 aliphatic rings. The number of carboxylic acid groups (broad SMARTS) is 1. The molecule has 3 N–H and O–H groups in total. The topological polar surface area (TPSA) is 76.5 Å². The van der Waals surface area contributed by atoms with Crippen molar-refractivity contribution >= 4 is 5.97 Å². The summed E-state index contributed by atoms with van der Waals surface area (Å²) in [5.41, 5.74) is 5.18. The number of hydrogen-bond donors (Lipinski definition) is 2. The fourth-order valence-electron chi connectivity index (χ4n) is 2.40. The third-order valence-electron chi connectivity index (χ3n) is 3.37. The van der Waals surface area contributed by atoms with Crippen LogP contribution in [0.2, 0.25) is 0 Å². The molecule has 82 valence electrons. The van der Waals surface area contributed by atoms with Crippen molar-refractivity contribution in [1.29, 1.82) is 0 Å². The first-order valence-electron chi connectivity index (χ1n) is 5.19. The maximum atomic E-state index is 11.3. The van der Waals surface area contributed by atoms with Gasteiger partial charge in [0.15, 0.2) is 0 Å². The number of rotatable bonds is 3. The van der Waals surface area contributed by atoms with Crippen LogP contribution in [0.4, 0.5) is 0 Å². The Balaban J connectivity index is 2.29. The van der Waals surface area contributed by atoms with Gasteiger partial charge in [-0.05, 0) is 25.0 Å². The van der Waals surface area contributed by atoms with E-state index in [0.29, 0.717) is 18.6 Å². The van der Waals surface area contributed by atoms with E-state index in [1.165, 1.54) is 6.26 Å². The molecule has 1 heterocycles. The van der Waals surface area contributed by atoms with Crippen molar-refractivity contribution in [1.82, 2.24) is 0 Å². The van der Waals surface area contributed by atoms with Gasteiger partial charge in [-0.1, -0.05) is 12.8 Å². The molecule has 4 nitrogen and oxygen atoms in total. The number of furan rings is 1. The van der Waals surface area contributed by atoms with Gasteiger partial charge in [0.1, 0.15) is 5.76 Å². The first kappa shape index (κ1) is 10.2. The molecule has 0 spiro atoms. The summed E-state index contributed by atoms with van der Waals surface area (Å²) in [5.74, 6) is -0.233. The van der Waals surface area contributed by atoms with Gasteiger partial charge in [-0.25, -0.2) is 0 Å². The maximum absolute atomic E-state index is 11.3. The van der Waals surface area contributed by atoms with E-state index in [9.17, 15) is 9.90 Å². The molecule has 15 heavy (non-hydrogen) atoms. The average Bonchev–Trinajstić information content (AvgIpc) is 2.89. The van der Waals surface area contributed by atoms with Gasteiger partial charge < -0.3 is 15.3 Å². The van der Waals surface area contributed by atoms with Crippen LogP contribution < -0.4 is 5.73 Å². The summed E-state index contributed by atoms with van der Waals surface area (Å²) in [5, 5.41) is 9.31.